The Labute approximate surface area is 122 Å². The fourth-order valence-electron chi connectivity index (χ4n) is 1.39. The number of carboxylic acids is 1. The lowest BCUT2D eigenvalue weighted by molar-refractivity contribution is -0.137. The number of hydrogen-bond donors (Lipinski definition) is 3. The molecule has 0 radical (unpaired) electrons. The van der Waals surface area contributed by atoms with Gasteiger partial charge in [-0.05, 0) is 30.3 Å². The molecule has 0 heterocycles. The highest BCUT2D eigenvalue weighted by atomic mass is 32.2. The van der Waals surface area contributed by atoms with Crippen LogP contribution in [0.2, 0.25) is 0 Å². The molecule has 2 amide bonds. The number of aliphatic carboxylic acids is 1. The molecule has 0 saturated heterocycles. The minimum absolute atomic E-state index is 0.0376. The number of carboxylic acid groups (broad SMARTS) is 1. The van der Waals surface area contributed by atoms with Gasteiger partial charge in [-0.3, -0.25) is 4.79 Å². The normalized spacial score (nSPS) is 11.0. The van der Waals surface area contributed by atoms with Gasteiger partial charge in [-0.25, -0.2) is 4.79 Å². The van der Waals surface area contributed by atoms with E-state index in [-0.39, 0.29) is 41.7 Å². The van der Waals surface area contributed by atoms with E-state index in [1.165, 1.54) is 24.3 Å². The molecule has 0 aliphatic heterocycles. The van der Waals surface area contributed by atoms with Crippen molar-refractivity contribution in [3.63, 3.8) is 0 Å². The first-order valence-corrected chi connectivity index (χ1v) is 6.71. The van der Waals surface area contributed by atoms with Crippen LogP contribution in [0.5, 0.6) is 0 Å². The van der Waals surface area contributed by atoms with Crippen LogP contribution < -0.4 is 10.6 Å². The lowest BCUT2D eigenvalue weighted by Gasteiger charge is -2.12. The fraction of sp³-hybridized carbons (Fsp3) is 0.333. The van der Waals surface area contributed by atoms with Crippen molar-refractivity contribution in [2.24, 2.45) is 0 Å². The van der Waals surface area contributed by atoms with Gasteiger partial charge >= 0.3 is 17.5 Å². The molecule has 9 heteroatoms. The first-order valence-electron chi connectivity index (χ1n) is 5.89. The molecule has 0 atom stereocenters. The number of rotatable bonds is 6. The zero-order valence-corrected chi connectivity index (χ0v) is 11.6. The molecule has 0 aliphatic rings. The summed E-state index contributed by atoms with van der Waals surface area (Å²) in [5, 5.41) is 13.1. The van der Waals surface area contributed by atoms with Gasteiger partial charge in [-0.1, -0.05) is 12.1 Å². The molecule has 1 rings (SSSR count). The van der Waals surface area contributed by atoms with E-state index in [0.717, 1.165) is 0 Å². The third kappa shape index (κ3) is 7.45. The van der Waals surface area contributed by atoms with Gasteiger partial charge in [-0.2, -0.15) is 13.2 Å². The molecule has 1 aromatic rings. The molecule has 0 spiro atoms. The van der Waals surface area contributed by atoms with Crippen LogP contribution in [0.4, 0.5) is 23.7 Å². The number of para-hydroxylation sites is 1. The molecular weight excluding hydrogens is 309 g/mol. The molecule has 0 aliphatic carbocycles. The van der Waals surface area contributed by atoms with E-state index in [1.54, 1.807) is 0 Å². The Morgan fingerprint density at radius 1 is 1.24 bits per heavy atom. The second-order valence-corrected chi connectivity index (χ2v) is 5.03. The highest BCUT2D eigenvalue weighted by Gasteiger charge is 2.30. The highest BCUT2D eigenvalue weighted by Crippen LogP contribution is 2.40. The Balaban J connectivity index is 2.54. The summed E-state index contributed by atoms with van der Waals surface area (Å²) in [6.07, 6.45) is 0.141. The summed E-state index contributed by atoms with van der Waals surface area (Å²) in [7, 11) is 0. The van der Waals surface area contributed by atoms with Gasteiger partial charge in [0.15, 0.2) is 0 Å². The average molecular weight is 322 g/mol. The second-order valence-electron chi connectivity index (χ2n) is 3.92. The number of anilines is 1. The lowest BCUT2D eigenvalue weighted by atomic mass is 10.3. The molecule has 0 aromatic heterocycles. The van der Waals surface area contributed by atoms with Gasteiger partial charge in [0.2, 0.25) is 0 Å². The van der Waals surface area contributed by atoms with Crippen LogP contribution in [0.15, 0.2) is 29.2 Å². The topological polar surface area (TPSA) is 78.4 Å². The van der Waals surface area contributed by atoms with Crippen LogP contribution in [0.1, 0.15) is 12.8 Å². The minimum atomic E-state index is -4.45. The number of halogens is 3. The van der Waals surface area contributed by atoms with Crippen LogP contribution >= 0.6 is 11.8 Å². The molecule has 21 heavy (non-hydrogen) atoms. The molecular formula is C12H13F3N2O3S. The molecule has 0 unspecified atom stereocenters. The Morgan fingerprint density at radius 2 is 1.90 bits per heavy atom. The highest BCUT2D eigenvalue weighted by molar-refractivity contribution is 8.00. The Hall–Kier alpha value is -1.90. The van der Waals surface area contributed by atoms with Gasteiger partial charge in [0.1, 0.15) is 0 Å². The summed E-state index contributed by atoms with van der Waals surface area (Å²) < 4.78 is 37.1. The van der Waals surface area contributed by atoms with Crippen molar-refractivity contribution in [1.29, 1.82) is 0 Å². The summed E-state index contributed by atoms with van der Waals surface area (Å²) in [6.45, 7) is 0.118. The van der Waals surface area contributed by atoms with E-state index in [4.69, 9.17) is 5.11 Å². The number of amides is 2. The lowest BCUT2D eigenvalue weighted by Crippen LogP contribution is -2.30. The molecule has 3 N–H and O–H groups in total. The average Bonchev–Trinajstić information content (AvgIpc) is 2.35. The number of benzene rings is 1. The molecule has 0 fully saturated rings. The van der Waals surface area contributed by atoms with Crippen molar-refractivity contribution in [1.82, 2.24) is 5.32 Å². The van der Waals surface area contributed by atoms with Crippen LogP contribution in [0.3, 0.4) is 0 Å². The zero-order valence-electron chi connectivity index (χ0n) is 10.7. The van der Waals surface area contributed by atoms with Crippen molar-refractivity contribution in [3.05, 3.63) is 24.3 Å². The maximum absolute atomic E-state index is 12.4. The number of thioether (sulfide) groups is 1. The first kappa shape index (κ1) is 17.2. The summed E-state index contributed by atoms with van der Waals surface area (Å²) in [5.41, 5.74) is -4.41. The third-order valence-corrected chi connectivity index (χ3v) is 3.02. The van der Waals surface area contributed by atoms with Gasteiger partial charge < -0.3 is 15.7 Å². The number of urea groups is 1. The van der Waals surface area contributed by atoms with Crippen LogP contribution in [0, 0.1) is 0 Å². The Bertz CT molecular complexity index is 509. The Morgan fingerprint density at radius 3 is 2.52 bits per heavy atom. The smallest absolute Gasteiger partial charge is 0.446 e. The number of carbonyl (C=O) groups is 2. The molecule has 116 valence electrons. The molecule has 0 bridgehead atoms. The molecule has 0 saturated carbocycles. The van der Waals surface area contributed by atoms with E-state index in [0.29, 0.717) is 0 Å². The van der Waals surface area contributed by atoms with E-state index in [1.807, 2.05) is 0 Å². The SMILES string of the molecule is O=C(O)CCCNC(=O)Nc1ccccc1SC(F)(F)F. The predicted molar refractivity (Wildman–Crippen MR) is 72.2 cm³/mol. The van der Waals surface area contributed by atoms with E-state index < -0.39 is 17.5 Å². The van der Waals surface area contributed by atoms with Gasteiger partial charge in [-0.15, -0.1) is 0 Å². The van der Waals surface area contributed by atoms with Crippen molar-refractivity contribution in [2.45, 2.75) is 23.2 Å². The predicted octanol–water partition coefficient (Wildman–Crippen LogP) is 3.28. The summed E-state index contributed by atoms with van der Waals surface area (Å²) >= 11 is -0.319. The fourth-order valence-corrected chi connectivity index (χ4v) is 2.02. The van der Waals surface area contributed by atoms with Gasteiger partial charge in [0.05, 0.1) is 5.69 Å². The van der Waals surface area contributed by atoms with E-state index in [9.17, 15) is 22.8 Å². The molecule has 1 aromatic carbocycles. The van der Waals surface area contributed by atoms with Crippen molar-refractivity contribution >= 4 is 29.4 Å². The monoisotopic (exact) mass is 322 g/mol. The maximum atomic E-state index is 12.4. The van der Waals surface area contributed by atoms with Crippen molar-refractivity contribution in [2.75, 3.05) is 11.9 Å². The summed E-state index contributed by atoms with van der Waals surface area (Å²) in [5.74, 6) is -0.982. The zero-order chi connectivity index (χ0) is 15.9. The van der Waals surface area contributed by atoms with Crippen LogP contribution in [-0.2, 0) is 4.79 Å². The Kier molecular flexibility index (Phi) is 6.35. The van der Waals surface area contributed by atoms with Crippen LogP contribution in [-0.4, -0.2) is 29.2 Å². The quantitative estimate of drug-likeness (QED) is 0.555. The van der Waals surface area contributed by atoms with Crippen molar-refractivity contribution in [3.8, 4) is 0 Å². The van der Waals surface area contributed by atoms with E-state index >= 15 is 0 Å². The summed E-state index contributed by atoms with van der Waals surface area (Å²) in [4.78, 5) is 21.7. The summed E-state index contributed by atoms with van der Waals surface area (Å²) in [6, 6.07) is 4.85. The van der Waals surface area contributed by atoms with E-state index in [2.05, 4.69) is 10.6 Å². The first-order chi connectivity index (χ1) is 9.78. The van der Waals surface area contributed by atoms with Gasteiger partial charge in [0.25, 0.3) is 0 Å². The maximum Gasteiger partial charge on any atom is 0.446 e. The number of hydrogen-bond acceptors (Lipinski definition) is 3. The number of alkyl halides is 3. The minimum Gasteiger partial charge on any atom is -0.481 e. The standard InChI is InChI=1S/C12H13F3N2O3S/c13-12(14,15)21-9-5-2-1-4-8(9)17-11(20)16-7-3-6-10(18)19/h1-2,4-5H,3,6-7H2,(H,18,19)(H2,16,17,20). The largest absolute Gasteiger partial charge is 0.481 e. The third-order valence-electron chi connectivity index (χ3n) is 2.21. The second kappa shape index (κ2) is 7.77. The van der Waals surface area contributed by atoms with Crippen molar-refractivity contribution < 1.29 is 27.9 Å². The number of carbonyl (C=O) groups excluding carboxylic acids is 1. The van der Waals surface area contributed by atoms with Gasteiger partial charge in [0, 0.05) is 17.9 Å². The number of nitrogens with one attached hydrogen (secondary N) is 2. The molecule has 5 nitrogen and oxygen atoms in total. The van der Waals surface area contributed by atoms with Crippen LogP contribution in [0.25, 0.3) is 0 Å².